The first kappa shape index (κ1) is 22.1. The second-order valence-corrected chi connectivity index (χ2v) is 14.7. The monoisotopic (exact) mass is 526 g/mol. The van der Waals surface area contributed by atoms with Gasteiger partial charge < -0.3 is 0 Å². The molecule has 0 radical (unpaired) electrons. The maximum atomic E-state index is 6.87. The van der Waals surface area contributed by atoms with E-state index >= 15 is 0 Å². The molecule has 0 saturated carbocycles. The molecular formula is C37H26N2Si. The first-order valence-electron chi connectivity index (χ1n) is 13.9. The zero-order chi connectivity index (χ0) is 26.5. The topological polar surface area (TPSA) is 29.3 Å². The smallest absolute Gasteiger partial charge is 0.181 e. The molecule has 6 aromatic rings. The summed E-state index contributed by atoms with van der Waals surface area (Å²) in [4.78, 5) is 0. The van der Waals surface area contributed by atoms with Crippen LogP contribution in [-0.4, -0.2) is 8.07 Å². The Hall–Kier alpha value is -4.70. The molecular weight excluding hydrogens is 501 g/mol. The maximum Gasteiger partial charge on any atom is 0.181 e. The molecule has 0 aromatic heterocycles. The molecule has 3 aliphatic rings. The van der Waals surface area contributed by atoms with E-state index in [0.29, 0.717) is 0 Å². The fourth-order valence-electron chi connectivity index (χ4n) is 8.24. The lowest BCUT2D eigenvalue weighted by Gasteiger charge is -2.52. The molecule has 0 bridgehead atoms. The highest BCUT2D eigenvalue weighted by Gasteiger charge is 2.59. The Bertz CT molecular complexity index is 1860. The molecule has 3 heterocycles. The third-order valence-electron chi connectivity index (χ3n) is 9.56. The quantitative estimate of drug-likeness (QED) is 0.221. The van der Waals surface area contributed by atoms with Crippen LogP contribution in [0.5, 0.6) is 0 Å². The van der Waals surface area contributed by atoms with Gasteiger partial charge in [-0.05, 0) is 66.3 Å². The molecule has 0 saturated heterocycles. The SMILES string of the molecule is NN1c2ccccc2C2(c3ccccc31)c1ccccc1[Si]1(c3ccccc3-c3ccccc31)c1ccccc12. The number of hydrogen-bond donors (Lipinski definition) is 1. The van der Waals surface area contributed by atoms with Gasteiger partial charge in [0.05, 0.1) is 16.8 Å². The van der Waals surface area contributed by atoms with Gasteiger partial charge in [-0.15, -0.1) is 0 Å². The van der Waals surface area contributed by atoms with E-state index in [4.69, 9.17) is 5.84 Å². The summed E-state index contributed by atoms with van der Waals surface area (Å²) in [5.41, 5.74) is 9.59. The molecule has 2 nitrogen and oxygen atoms in total. The van der Waals surface area contributed by atoms with Crippen molar-refractivity contribution in [2.45, 2.75) is 5.41 Å². The molecule has 0 atom stereocenters. The number of hydrazine groups is 1. The first-order valence-corrected chi connectivity index (χ1v) is 15.9. The number of hydrogen-bond acceptors (Lipinski definition) is 2. The molecule has 0 fully saturated rings. The third-order valence-corrected chi connectivity index (χ3v) is 14.5. The highest BCUT2D eigenvalue weighted by Crippen LogP contribution is 2.56. The van der Waals surface area contributed by atoms with Gasteiger partial charge in [-0.1, -0.05) is 133 Å². The zero-order valence-electron chi connectivity index (χ0n) is 21.9. The molecule has 3 aliphatic heterocycles. The van der Waals surface area contributed by atoms with Crippen LogP contribution in [0.2, 0.25) is 0 Å². The Kier molecular flexibility index (Phi) is 4.26. The Morgan fingerprint density at radius 3 is 1.23 bits per heavy atom. The normalized spacial score (nSPS) is 16.0. The standard InChI is InChI=1S/C37H26N2Si/c38-39-31-19-7-3-15-27(31)37(28-16-4-8-20-32(28)39)29-17-5-11-23-35(29)40(36-24-12-6-18-30(36)37)33-21-9-1-13-25(33)26-14-2-10-22-34(26)40/h1-24H,38H2. The van der Waals surface area contributed by atoms with Crippen molar-refractivity contribution in [1.82, 2.24) is 0 Å². The van der Waals surface area contributed by atoms with E-state index < -0.39 is 13.5 Å². The van der Waals surface area contributed by atoms with Gasteiger partial charge >= 0.3 is 0 Å². The summed E-state index contributed by atoms with van der Waals surface area (Å²) in [6.07, 6.45) is 0. The third kappa shape index (κ3) is 2.36. The fraction of sp³-hybridized carbons (Fsp3) is 0.0270. The largest absolute Gasteiger partial charge is 0.279 e. The van der Waals surface area contributed by atoms with Crippen molar-refractivity contribution < 1.29 is 0 Å². The van der Waals surface area contributed by atoms with E-state index in [1.54, 1.807) is 0 Å². The second-order valence-electron chi connectivity index (χ2n) is 11.1. The Morgan fingerprint density at radius 1 is 0.400 bits per heavy atom. The van der Waals surface area contributed by atoms with Gasteiger partial charge in [0, 0.05) is 0 Å². The molecule has 3 heteroatoms. The van der Waals surface area contributed by atoms with Crippen molar-refractivity contribution >= 4 is 40.2 Å². The Morgan fingerprint density at radius 2 is 0.750 bits per heavy atom. The van der Waals surface area contributed by atoms with E-state index in [-0.39, 0.29) is 0 Å². The van der Waals surface area contributed by atoms with E-state index in [0.717, 1.165) is 11.4 Å². The Labute approximate surface area is 235 Å². The molecule has 188 valence electrons. The van der Waals surface area contributed by atoms with E-state index in [1.807, 2.05) is 5.01 Å². The van der Waals surface area contributed by atoms with E-state index in [9.17, 15) is 0 Å². The van der Waals surface area contributed by atoms with Crippen molar-refractivity contribution in [3.05, 3.63) is 168 Å². The molecule has 2 spiro atoms. The lowest BCUT2D eigenvalue weighted by atomic mass is 9.62. The van der Waals surface area contributed by atoms with E-state index in [2.05, 4.69) is 146 Å². The summed E-state index contributed by atoms with van der Waals surface area (Å²) in [5.74, 6) is 6.87. The number of anilines is 2. The highest BCUT2D eigenvalue weighted by molar-refractivity contribution is 7.22. The molecule has 2 N–H and O–H groups in total. The average molecular weight is 527 g/mol. The van der Waals surface area contributed by atoms with Crippen LogP contribution in [0.3, 0.4) is 0 Å². The van der Waals surface area contributed by atoms with Gasteiger partial charge in [-0.2, -0.15) is 0 Å². The van der Waals surface area contributed by atoms with Crippen LogP contribution < -0.4 is 31.6 Å². The lowest BCUT2D eigenvalue weighted by molar-refractivity contribution is 0.726. The fourth-order valence-corrected chi connectivity index (χ4v) is 14.0. The van der Waals surface area contributed by atoms with Crippen LogP contribution in [0.25, 0.3) is 11.1 Å². The van der Waals surface area contributed by atoms with Crippen LogP contribution >= 0.6 is 0 Å². The number of nitrogens with two attached hydrogens (primary N) is 1. The summed E-state index contributed by atoms with van der Waals surface area (Å²) in [6, 6.07) is 54.3. The minimum absolute atomic E-state index is 0.485. The minimum atomic E-state index is -2.62. The number of benzene rings is 6. The van der Waals surface area contributed by atoms with Gasteiger partial charge in [-0.25, -0.2) is 5.84 Å². The molecule has 0 unspecified atom stereocenters. The van der Waals surface area contributed by atoms with Crippen molar-refractivity contribution in [3.63, 3.8) is 0 Å². The van der Waals surface area contributed by atoms with Crippen LogP contribution in [0, 0.1) is 0 Å². The van der Waals surface area contributed by atoms with Crippen LogP contribution in [0.4, 0.5) is 11.4 Å². The second kappa shape index (κ2) is 7.69. The molecule has 0 amide bonds. The predicted molar refractivity (Wildman–Crippen MR) is 167 cm³/mol. The lowest BCUT2D eigenvalue weighted by Crippen LogP contribution is -2.78. The minimum Gasteiger partial charge on any atom is -0.279 e. The summed E-state index contributed by atoms with van der Waals surface area (Å²) in [5, 5.41) is 7.80. The van der Waals surface area contributed by atoms with Crippen LogP contribution in [-0.2, 0) is 5.41 Å². The number of fused-ring (bicyclic) bond motifs is 15. The van der Waals surface area contributed by atoms with Crippen molar-refractivity contribution in [1.29, 1.82) is 0 Å². The maximum absolute atomic E-state index is 6.87. The van der Waals surface area contributed by atoms with Gasteiger partial charge in [0.1, 0.15) is 0 Å². The molecule has 0 aliphatic carbocycles. The van der Waals surface area contributed by atoms with Crippen LogP contribution in [0.15, 0.2) is 146 Å². The molecule has 6 aromatic carbocycles. The molecule has 9 rings (SSSR count). The van der Waals surface area contributed by atoms with Crippen molar-refractivity contribution in [2.24, 2.45) is 5.84 Å². The Balaban J connectivity index is 1.54. The van der Waals surface area contributed by atoms with Gasteiger partial charge in [0.2, 0.25) is 0 Å². The molecule has 40 heavy (non-hydrogen) atoms. The van der Waals surface area contributed by atoms with Crippen molar-refractivity contribution in [2.75, 3.05) is 5.01 Å². The van der Waals surface area contributed by atoms with Crippen molar-refractivity contribution in [3.8, 4) is 11.1 Å². The predicted octanol–water partition coefficient (Wildman–Crippen LogP) is 5.07. The number of nitrogens with zero attached hydrogens (tertiary/aromatic N) is 1. The summed E-state index contributed by atoms with van der Waals surface area (Å²) in [6.45, 7) is 0. The van der Waals surface area contributed by atoms with Gasteiger partial charge in [0.15, 0.2) is 8.07 Å². The average Bonchev–Trinajstić information content (AvgIpc) is 3.32. The summed E-state index contributed by atoms with van der Waals surface area (Å²) < 4.78 is 0. The zero-order valence-corrected chi connectivity index (χ0v) is 22.9. The summed E-state index contributed by atoms with van der Waals surface area (Å²) >= 11 is 0. The van der Waals surface area contributed by atoms with Crippen LogP contribution in [0.1, 0.15) is 22.3 Å². The summed E-state index contributed by atoms with van der Waals surface area (Å²) in [7, 11) is -2.62. The number of rotatable bonds is 0. The van der Waals surface area contributed by atoms with Gasteiger partial charge in [0.25, 0.3) is 0 Å². The highest BCUT2D eigenvalue weighted by atomic mass is 28.3. The van der Waals surface area contributed by atoms with E-state index in [1.165, 1.54) is 54.1 Å². The number of para-hydroxylation sites is 2. The first-order chi connectivity index (χ1) is 19.8. The van der Waals surface area contributed by atoms with Gasteiger partial charge in [-0.3, -0.25) is 5.01 Å².